The average molecular weight is 284 g/mol. The topological polar surface area (TPSA) is 58.6 Å². The number of carbonyl (C=O) groups is 2. The van der Waals surface area contributed by atoms with E-state index in [2.05, 4.69) is 5.32 Å². The Morgan fingerprint density at radius 1 is 1.24 bits per heavy atom. The summed E-state index contributed by atoms with van der Waals surface area (Å²) in [6.07, 6.45) is 0.820. The normalized spacial score (nSPS) is 14.3. The second kappa shape index (κ2) is 5.83. The van der Waals surface area contributed by atoms with E-state index in [-0.39, 0.29) is 6.03 Å². The van der Waals surface area contributed by atoms with Gasteiger partial charge in [-0.2, -0.15) is 0 Å². The molecule has 1 heterocycles. The molecule has 21 heavy (non-hydrogen) atoms. The van der Waals surface area contributed by atoms with Crippen molar-refractivity contribution in [1.82, 2.24) is 10.2 Å². The first-order valence-corrected chi connectivity index (χ1v) is 6.92. The highest BCUT2D eigenvalue weighted by Crippen LogP contribution is 2.26. The lowest BCUT2D eigenvalue weighted by molar-refractivity contribution is 0.112. The molecule has 0 unspecified atom stereocenters. The molecule has 0 aliphatic carbocycles. The Kier molecular flexibility index (Phi) is 3.73. The van der Waals surface area contributed by atoms with Gasteiger partial charge < -0.3 is 15.0 Å². The summed E-state index contributed by atoms with van der Waals surface area (Å²) < 4.78 is 5.69. The third kappa shape index (κ3) is 2.67. The molecular weight excluding hydrogens is 268 g/mol. The Balaban J connectivity index is 1.74. The lowest BCUT2D eigenvalue weighted by Crippen LogP contribution is -2.31. The standard InChI is InChI=1S/C16H16N2O3/c19-11-14-13-4-2-1-3-12(13)5-6-15(14)21-10-9-18-8-7-17-16(18)20/h1-6,11H,7-10H2,(H,17,20). The molecule has 5 nitrogen and oxygen atoms in total. The highest BCUT2D eigenvalue weighted by molar-refractivity contribution is 6.00. The first kappa shape index (κ1) is 13.4. The van der Waals surface area contributed by atoms with E-state index in [4.69, 9.17) is 4.74 Å². The van der Waals surface area contributed by atoms with E-state index < -0.39 is 0 Å². The predicted octanol–water partition coefficient (Wildman–Crippen LogP) is 2.06. The number of nitrogens with zero attached hydrogens (tertiary/aromatic N) is 1. The van der Waals surface area contributed by atoms with E-state index in [1.165, 1.54) is 0 Å². The molecular formula is C16H16N2O3. The minimum absolute atomic E-state index is 0.0623. The van der Waals surface area contributed by atoms with Crippen molar-refractivity contribution in [1.29, 1.82) is 0 Å². The van der Waals surface area contributed by atoms with Crippen molar-refractivity contribution < 1.29 is 14.3 Å². The van der Waals surface area contributed by atoms with E-state index in [1.807, 2.05) is 30.3 Å². The molecule has 1 saturated heterocycles. The number of aldehydes is 1. The molecule has 108 valence electrons. The van der Waals surface area contributed by atoms with Gasteiger partial charge in [-0.3, -0.25) is 4.79 Å². The molecule has 1 N–H and O–H groups in total. The van der Waals surface area contributed by atoms with Gasteiger partial charge in [-0.25, -0.2) is 4.79 Å². The molecule has 1 fully saturated rings. The van der Waals surface area contributed by atoms with Crippen molar-refractivity contribution in [3.63, 3.8) is 0 Å². The van der Waals surface area contributed by atoms with Crippen LogP contribution < -0.4 is 10.1 Å². The van der Waals surface area contributed by atoms with Gasteiger partial charge >= 0.3 is 6.03 Å². The zero-order valence-electron chi connectivity index (χ0n) is 11.5. The van der Waals surface area contributed by atoms with E-state index in [0.29, 0.717) is 37.6 Å². The summed E-state index contributed by atoms with van der Waals surface area (Å²) >= 11 is 0. The van der Waals surface area contributed by atoms with Crippen LogP contribution in [0.1, 0.15) is 10.4 Å². The van der Waals surface area contributed by atoms with Gasteiger partial charge in [0.25, 0.3) is 0 Å². The zero-order valence-corrected chi connectivity index (χ0v) is 11.5. The smallest absolute Gasteiger partial charge is 0.317 e. The summed E-state index contributed by atoms with van der Waals surface area (Å²) in [7, 11) is 0. The number of benzene rings is 2. The third-order valence-electron chi connectivity index (χ3n) is 3.61. The van der Waals surface area contributed by atoms with Gasteiger partial charge in [-0.1, -0.05) is 30.3 Å². The molecule has 1 aliphatic heterocycles. The fourth-order valence-corrected chi connectivity index (χ4v) is 2.51. The van der Waals surface area contributed by atoms with Gasteiger partial charge in [0.15, 0.2) is 6.29 Å². The van der Waals surface area contributed by atoms with Gasteiger partial charge in [-0.15, -0.1) is 0 Å². The summed E-state index contributed by atoms with van der Waals surface area (Å²) in [6.45, 7) is 2.25. The number of fused-ring (bicyclic) bond motifs is 1. The highest BCUT2D eigenvalue weighted by Gasteiger charge is 2.19. The zero-order chi connectivity index (χ0) is 14.7. The van der Waals surface area contributed by atoms with Crippen molar-refractivity contribution in [2.24, 2.45) is 0 Å². The van der Waals surface area contributed by atoms with Crippen LogP contribution in [0, 0.1) is 0 Å². The Morgan fingerprint density at radius 3 is 2.86 bits per heavy atom. The fraction of sp³-hybridized carbons (Fsp3) is 0.250. The van der Waals surface area contributed by atoms with Crippen LogP contribution >= 0.6 is 0 Å². The molecule has 2 aromatic rings. The predicted molar refractivity (Wildman–Crippen MR) is 79.8 cm³/mol. The molecule has 0 saturated carbocycles. The van der Waals surface area contributed by atoms with Crippen LogP contribution in [0.25, 0.3) is 10.8 Å². The summed E-state index contributed by atoms with van der Waals surface area (Å²) in [4.78, 5) is 24.5. The molecule has 2 amide bonds. The van der Waals surface area contributed by atoms with Crippen molar-refractivity contribution in [3.8, 4) is 5.75 Å². The monoisotopic (exact) mass is 284 g/mol. The van der Waals surface area contributed by atoms with Crippen LogP contribution in [-0.4, -0.2) is 43.5 Å². The Hall–Kier alpha value is -2.56. The maximum atomic E-state index is 11.4. The number of nitrogens with one attached hydrogen (secondary N) is 1. The first-order chi connectivity index (χ1) is 10.3. The van der Waals surface area contributed by atoms with Crippen LogP contribution in [0.5, 0.6) is 5.75 Å². The fourth-order valence-electron chi connectivity index (χ4n) is 2.51. The van der Waals surface area contributed by atoms with Crippen LogP contribution in [0.3, 0.4) is 0 Å². The largest absolute Gasteiger partial charge is 0.491 e. The number of hydrogen-bond donors (Lipinski definition) is 1. The van der Waals surface area contributed by atoms with Gasteiger partial charge in [0.2, 0.25) is 0 Å². The molecule has 0 radical (unpaired) electrons. The number of carbonyl (C=O) groups excluding carboxylic acids is 2. The van der Waals surface area contributed by atoms with Gasteiger partial charge in [0.05, 0.1) is 12.1 Å². The Labute approximate surface area is 122 Å². The second-order valence-electron chi connectivity index (χ2n) is 4.88. The second-order valence-corrected chi connectivity index (χ2v) is 4.88. The van der Waals surface area contributed by atoms with E-state index >= 15 is 0 Å². The average Bonchev–Trinajstić information content (AvgIpc) is 2.92. The SMILES string of the molecule is O=Cc1c(OCCN2CCNC2=O)ccc2ccccc12. The lowest BCUT2D eigenvalue weighted by Gasteiger charge is -2.15. The Bertz CT molecular complexity index is 684. The van der Waals surface area contributed by atoms with E-state index in [9.17, 15) is 9.59 Å². The number of amides is 2. The van der Waals surface area contributed by atoms with Crippen LogP contribution in [0.4, 0.5) is 4.79 Å². The summed E-state index contributed by atoms with van der Waals surface area (Å²) in [5, 5.41) is 4.62. The van der Waals surface area contributed by atoms with Gasteiger partial charge in [-0.05, 0) is 16.8 Å². The van der Waals surface area contributed by atoms with Crippen molar-refractivity contribution >= 4 is 23.1 Å². The summed E-state index contributed by atoms with van der Waals surface area (Å²) in [6, 6.07) is 11.4. The van der Waals surface area contributed by atoms with Crippen molar-refractivity contribution in [2.75, 3.05) is 26.2 Å². The quantitative estimate of drug-likeness (QED) is 0.855. The first-order valence-electron chi connectivity index (χ1n) is 6.92. The summed E-state index contributed by atoms with van der Waals surface area (Å²) in [5.41, 5.74) is 0.555. The maximum absolute atomic E-state index is 11.4. The third-order valence-corrected chi connectivity index (χ3v) is 3.61. The lowest BCUT2D eigenvalue weighted by atomic mass is 10.0. The van der Waals surface area contributed by atoms with Crippen LogP contribution in [-0.2, 0) is 0 Å². The number of hydrogen-bond acceptors (Lipinski definition) is 3. The number of ether oxygens (including phenoxy) is 1. The Morgan fingerprint density at radius 2 is 2.10 bits per heavy atom. The van der Waals surface area contributed by atoms with Gasteiger partial charge in [0.1, 0.15) is 12.4 Å². The summed E-state index contributed by atoms with van der Waals surface area (Å²) in [5.74, 6) is 0.559. The van der Waals surface area contributed by atoms with E-state index in [1.54, 1.807) is 11.0 Å². The molecule has 0 spiro atoms. The number of rotatable bonds is 5. The van der Waals surface area contributed by atoms with Crippen LogP contribution in [0.2, 0.25) is 0 Å². The molecule has 0 aromatic heterocycles. The minimum atomic E-state index is -0.0623. The van der Waals surface area contributed by atoms with E-state index in [0.717, 1.165) is 17.1 Å². The number of urea groups is 1. The molecule has 3 rings (SSSR count). The van der Waals surface area contributed by atoms with Crippen molar-refractivity contribution in [3.05, 3.63) is 42.0 Å². The van der Waals surface area contributed by atoms with Crippen molar-refractivity contribution in [2.45, 2.75) is 0 Å². The highest BCUT2D eigenvalue weighted by atomic mass is 16.5. The molecule has 2 aromatic carbocycles. The molecule has 1 aliphatic rings. The minimum Gasteiger partial charge on any atom is -0.491 e. The van der Waals surface area contributed by atoms with Crippen LogP contribution in [0.15, 0.2) is 36.4 Å². The van der Waals surface area contributed by atoms with Gasteiger partial charge in [0, 0.05) is 13.1 Å². The molecule has 0 atom stereocenters. The molecule has 0 bridgehead atoms. The molecule has 5 heteroatoms. The maximum Gasteiger partial charge on any atom is 0.317 e.